The largest absolute Gasteiger partial charge is 0.492 e. The van der Waals surface area contributed by atoms with Crippen LogP contribution < -0.4 is 20.3 Å². The second kappa shape index (κ2) is 12.8. The Kier molecular flexibility index (Phi) is 10.4. The van der Waals surface area contributed by atoms with Crippen molar-refractivity contribution in [2.24, 2.45) is 4.99 Å². The van der Waals surface area contributed by atoms with Gasteiger partial charge in [0.15, 0.2) is 5.96 Å². The average Bonchev–Trinajstić information content (AvgIpc) is 3.19. The fourth-order valence-corrected chi connectivity index (χ4v) is 3.50. The molecule has 1 fully saturated rings. The Balaban J connectivity index is 0.00000363. The second-order valence-electron chi connectivity index (χ2n) is 7.90. The van der Waals surface area contributed by atoms with E-state index in [1.807, 2.05) is 43.3 Å². The number of anilines is 1. The highest BCUT2D eigenvalue weighted by atomic mass is 127. The van der Waals surface area contributed by atoms with Crippen molar-refractivity contribution in [1.82, 2.24) is 15.5 Å². The summed E-state index contributed by atoms with van der Waals surface area (Å²) in [6.45, 7) is 3.43. The molecule has 1 heterocycles. The molecule has 32 heavy (non-hydrogen) atoms. The van der Waals surface area contributed by atoms with E-state index in [-0.39, 0.29) is 30.0 Å². The van der Waals surface area contributed by atoms with Crippen molar-refractivity contribution in [3.63, 3.8) is 0 Å². The normalized spacial score (nSPS) is 16.1. The van der Waals surface area contributed by atoms with E-state index in [2.05, 4.69) is 20.5 Å². The molecule has 0 aromatic heterocycles. The summed E-state index contributed by atoms with van der Waals surface area (Å²) in [4.78, 5) is 8.30. The van der Waals surface area contributed by atoms with E-state index in [1.54, 1.807) is 7.05 Å². The number of nitrogens with one attached hydrogen (secondary N) is 2. The summed E-state index contributed by atoms with van der Waals surface area (Å²) >= 11 is 0. The van der Waals surface area contributed by atoms with Gasteiger partial charge in [-0.25, -0.2) is 8.78 Å². The molecule has 0 amide bonds. The molecule has 176 valence electrons. The van der Waals surface area contributed by atoms with Crippen LogP contribution >= 0.6 is 24.0 Å². The summed E-state index contributed by atoms with van der Waals surface area (Å²) in [5, 5.41) is 6.71. The summed E-state index contributed by atoms with van der Waals surface area (Å²) in [7, 11) is 5.76. The Morgan fingerprint density at radius 2 is 2.03 bits per heavy atom. The monoisotopic (exact) mass is 559 g/mol. The van der Waals surface area contributed by atoms with Gasteiger partial charge in [0.1, 0.15) is 24.0 Å². The van der Waals surface area contributed by atoms with Gasteiger partial charge in [0.2, 0.25) is 0 Å². The first-order valence-corrected chi connectivity index (χ1v) is 10.5. The molecule has 0 bridgehead atoms. The highest BCUT2D eigenvalue weighted by Gasteiger charge is 2.25. The van der Waals surface area contributed by atoms with Crippen LogP contribution in [-0.4, -0.2) is 64.3 Å². The highest BCUT2D eigenvalue weighted by Crippen LogP contribution is 2.24. The molecular formula is C23H32F2IN5O. The number of hydrogen-bond acceptors (Lipinski definition) is 4. The van der Waals surface area contributed by atoms with E-state index < -0.39 is 11.6 Å². The number of likely N-dealkylation sites (N-methyl/N-ethyl adjacent to an activating group) is 1. The second-order valence-corrected chi connectivity index (χ2v) is 7.90. The number of nitrogens with zero attached hydrogens (tertiary/aromatic N) is 3. The van der Waals surface area contributed by atoms with Crippen LogP contribution in [-0.2, 0) is 6.54 Å². The van der Waals surface area contributed by atoms with Crippen molar-refractivity contribution in [2.45, 2.75) is 19.0 Å². The molecule has 1 aliphatic heterocycles. The summed E-state index contributed by atoms with van der Waals surface area (Å²) in [5.41, 5.74) is 1.52. The number of guanidine groups is 1. The quantitative estimate of drug-likeness (QED) is 0.295. The first-order chi connectivity index (χ1) is 14.9. The van der Waals surface area contributed by atoms with Gasteiger partial charge in [-0.05, 0) is 50.3 Å². The van der Waals surface area contributed by atoms with Crippen LogP contribution in [0.15, 0.2) is 47.5 Å². The van der Waals surface area contributed by atoms with E-state index in [4.69, 9.17) is 4.74 Å². The van der Waals surface area contributed by atoms with Gasteiger partial charge < -0.3 is 25.2 Å². The van der Waals surface area contributed by atoms with E-state index in [9.17, 15) is 8.78 Å². The summed E-state index contributed by atoms with van der Waals surface area (Å²) in [6, 6.07) is 11.8. The lowest BCUT2D eigenvalue weighted by Crippen LogP contribution is -2.44. The molecule has 2 N–H and O–H groups in total. The summed E-state index contributed by atoms with van der Waals surface area (Å²) < 4.78 is 33.0. The lowest BCUT2D eigenvalue weighted by molar-refractivity contribution is 0.261. The molecule has 6 nitrogen and oxygen atoms in total. The smallest absolute Gasteiger partial charge is 0.191 e. The van der Waals surface area contributed by atoms with Crippen LogP contribution in [0.1, 0.15) is 12.0 Å². The van der Waals surface area contributed by atoms with Crippen LogP contribution in [0.5, 0.6) is 5.75 Å². The molecule has 0 saturated carbocycles. The topological polar surface area (TPSA) is 52.1 Å². The number of hydrogen-bond donors (Lipinski definition) is 2. The summed E-state index contributed by atoms with van der Waals surface area (Å²) in [6.07, 6.45) is 0.840. The van der Waals surface area contributed by atoms with Crippen molar-refractivity contribution >= 4 is 35.6 Å². The molecule has 2 aromatic carbocycles. The molecule has 1 unspecified atom stereocenters. The van der Waals surface area contributed by atoms with Crippen LogP contribution in [0.2, 0.25) is 0 Å². The predicted molar refractivity (Wildman–Crippen MR) is 136 cm³/mol. The zero-order valence-corrected chi connectivity index (χ0v) is 21.1. The van der Waals surface area contributed by atoms with Crippen molar-refractivity contribution in [2.75, 3.05) is 52.3 Å². The zero-order valence-electron chi connectivity index (χ0n) is 18.8. The molecule has 9 heteroatoms. The van der Waals surface area contributed by atoms with Gasteiger partial charge in [-0.2, -0.15) is 0 Å². The standard InChI is InChI=1S/C23H31F2N5O.HI/c1-26-23(27-15-17-5-4-6-20(13-17)31-12-11-29(2)3)28-19-9-10-30(16-19)22-8-7-18(24)14-21(22)25;/h4-8,13-14,19H,9-12,15-16H2,1-3H3,(H2,26,27,28);1H. The van der Waals surface area contributed by atoms with Gasteiger partial charge in [0.05, 0.1) is 5.69 Å². The Morgan fingerprint density at radius 1 is 1.22 bits per heavy atom. The molecule has 0 aliphatic carbocycles. The van der Waals surface area contributed by atoms with Crippen LogP contribution in [0, 0.1) is 11.6 Å². The SMILES string of the molecule is CN=C(NCc1cccc(OCCN(C)C)c1)NC1CCN(c2ccc(F)cc2F)C1.I. The number of benzene rings is 2. The van der Waals surface area contributed by atoms with Gasteiger partial charge >= 0.3 is 0 Å². The minimum atomic E-state index is -0.563. The first kappa shape index (κ1) is 26.1. The maximum absolute atomic E-state index is 14.1. The van der Waals surface area contributed by atoms with E-state index >= 15 is 0 Å². The molecule has 1 saturated heterocycles. The van der Waals surface area contributed by atoms with Gasteiger partial charge in [-0.3, -0.25) is 4.99 Å². The third-order valence-corrected chi connectivity index (χ3v) is 5.17. The zero-order chi connectivity index (χ0) is 22.2. The van der Waals surface area contributed by atoms with Crippen molar-refractivity contribution in [3.05, 3.63) is 59.7 Å². The number of rotatable bonds is 8. The molecule has 0 radical (unpaired) electrons. The van der Waals surface area contributed by atoms with Gasteiger partial charge in [0, 0.05) is 45.3 Å². The third-order valence-electron chi connectivity index (χ3n) is 5.17. The van der Waals surface area contributed by atoms with Gasteiger partial charge in [0.25, 0.3) is 0 Å². The fourth-order valence-electron chi connectivity index (χ4n) is 3.50. The molecule has 2 aromatic rings. The number of ether oxygens (including phenoxy) is 1. The van der Waals surface area contributed by atoms with Crippen LogP contribution in [0.3, 0.4) is 0 Å². The molecule has 0 spiro atoms. The molecule has 1 aliphatic rings. The van der Waals surface area contributed by atoms with Gasteiger partial charge in [-0.1, -0.05) is 12.1 Å². The molecular weight excluding hydrogens is 527 g/mol. The third kappa shape index (κ3) is 7.77. The minimum Gasteiger partial charge on any atom is -0.492 e. The van der Waals surface area contributed by atoms with Crippen molar-refractivity contribution < 1.29 is 13.5 Å². The lowest BCUT2D eigenvalue weighted by atomic mass is 10.2. The van der Waals surface area contributed by atoms with Crippen molar-refractivity contribution in [1.29, 1.82) is 0 Å². The minimum absolute atomic E-state index is 0. The number of aliphatic imine (C=N–C) groups is 1. The highest BCUT2D eigenvalue weighted by molar-refractivity contribution is 14.0. The van der Waals surface area contributed by atoms with E-state index in [0.717, 1.165) is 30.3 Å². The van der Waals surface area contributed by atoms with Crippen LogP contribution in [0.25, 0.3) is 0 Å². The maximum Gasteiger partial charge on any atom is 0.191 e. The maximum atomic E-state index is 14.1. The first-order valence-electron chi connectivity index (χ1n) is 10.5. The number of halogens is 3. The average molecular weight is 559 g/mol. The van der Waals surface area contributed by atoms with E-state index in [0.29, 0.717) is 37.9 Å². The van der Waals surface area contributed by atoms with Crippen LogP contribution in [0.4, 0.5) is 14.5 Å². The van der Waals surface area contributed by atoms with Gasteiger partial charge in [-0.15, -0.1) is 24.0 Å². The Hall–Kier alpha value is -2.14. The molecule has 3 rings (SSSR count). The Bertz CT molecular complexity index is 896. The Labute approximate surface area is 206 Å². The molecule has 1 atom stereocenters. The predicted octanol–water partition coefficient (Wildman–Crippen LogP) is 3.47. The Morgan fingerprint density at radius 3 is 2.75 bits per heavy atom. The van der Waals surface area contributed by atoms with E-state index in [1.165, 1.54) is 12.1 Å². The van der Waals surface area contributed by atoms with Crippen molar-refractivity contribution in [3.8, 4) is 5.75 Å². The summed E-state index contributed by atoms with van der Waals surface area (Å²) in [5.74, 6) is 0.435. The fraction of sp³-hybridized carbons (Fsp3) is 0.435. The lowest BCUT2D eigenvalue weighted by Gasteiger charge is -2.21.